The van der Waals surface area contributed by atoms with Gasteiger partial charge < -0.3 is 4.57 Å². The first kappa shape index (κ1) is 10.6. The van der Waals surface area contributed by atoms with Crippen molar-refractivity contribution in [2.75, 3.05) is 7.05 Å². The van der Waals surface area contributed by atoms with E-state index in [0.29, 0.717) is 0 Å². The summed E-state index contributed by atoms with van der Waals surface area (Å²) in [7, 11) is 1.71. The number of hydrogen-bond acceptors (Lipinski definition) is 2. The second-order valence-electron chi connectivity index (χ2n) is 1.76. The number of imidazole rings is 1. The molecule has 0 unspecified atom stereocenters. The van der Waals surface area contributed by atoms with Gasteiger partial charge in [-0.25, -0.2) is 4.98 Å². The van der Waals surface area contributed by atoms with Gasteiger partial charge in [0.1, 0.15) is 0 Å². The molecule has 3 nitrogen and oxygen atoms in total. The lowest BCUT2D eigenvalue weighted by atomic mass is 10.6. The summed E-state index contributed by atoms with van der Waals surface area (Å²) in [5, 5.41) is 0. The van der Waals surface area contributed by atoms with Gasteiger partial charge in [-0.05, 0) is 0 Å². The van der Waals surface area contributed by atoms with Crippen LogP contribution in [0.3, 0.4) is 0 Å². The van der Waals surface area contributed by atoms with Crippen molar-refractivity contribution in [1.29, 1.82) is 0 Å². The highest BCUT2D eigenvalue weighted by atomic mass is 15.0. The van der Waals surface area contributed by atoms with Crippen molar-refractivity contribution >= 4 is 12.4 Å². The zero-order chi connectivity index (χ0) is 9.40. The van der Waals surface area contributed by atoms with Crippen molar-refractivity contribution in [3.8, 4) is 0 Å². The van der Waals surface area contributed by atoms with E-state index in [0.717, 1.165) is 5.82 Å². The van der Waals surface area contributed by atoms with Gasteiger partial charge >= 0.3 is 0 Å². The molecule has 0 fully saturated rings. The average Bonchev–Trinajstić information content (AvgIpc) is 2.56. The minimum atomic E-state index is 0.803. The molecular formula is C9H15N3. The van der Waals surface area contributed by atoms with Gasteiger partial charge in [-0.3, -0.25) is 4.99 Å². The molecule has 0 N–H and O–H groups in total. The van der Waals surface area contributed by atoms with Crippen LogP contribution in [0.25, 0.3) is 6.20 Å². The van der Waals surface area contributed by atoms with Crippen LogP contribution in [0.1, 0.15) is 19.7 Å². The molecule has 0 amide bonds. The van der Waals surface area contributed by atoms with E-state index in [1.807, 2.05) is 20.0 Å². The normalized spacial score (nSPS) is 9.25. The quantitative estimate of drug-likeness (QED) is 0.617. The lowest BCUT2D eigenvalue weighted by molar-refractivity contribution is 1.11. The standard InChI is InChI=1S/C7H9N3.C2H6/c1-3-10-5-4-9-7(10)6-8-2;1-2/h3-6H,1H2,2H3;1-2H3. The van der Waals surface area contributed by atoms with Crippen LogP contribution in [-0.2, 0) is 0 Å². The van der Waals surface area contributed by atoms with Crippen molar-refractivity contribution in [3.63, 3.8) is 0 Å². The third kappa shape index (κ3) is 2.70. The van der Waals surface area contributed by atoms with Gasteiger partial charge in [0, 0.05) is 25.6 Å². The van der Waals surface area contributed by atoms with Crippen molar-refractivity contribution in [3.05, 3.63) is 24.8 Å². The minimum Gasteiger partial charge on any atom is -0.306 e. The fraction of sp³-hybridized carbons (Fsp3) is 0.333. The van der Waals surface area contributed by atoms with E-state index in [1.54, 1.807) is 30.2 Å². The van der Waals surface area contributed by atoms with Gasteiger partial charge in [0.25, 0.3) is 0 Å². The molecule has 0 aliphatic rings. The van der Waals surface area contributed by atoms with Crippen LogP contribution in [0.2, 0.25) is 0 Å². The molecule has 0 atom stereocenters. The summed E-state index contributed by atoms with van der Waals surface area (Å²) >= 11 is 0. The third-order valence-corrected chi connectivity index (χ3v) is 1.14. The number of hydrogen-bond donors (Lipinski definition) is 0. The van der Waals surface area contributed by atoms with E-state index in [1.165, 1.54) is 0 Å². The number of nitrogens with zero attached hydrogens (tertiary/aromatic N) is 3. The molecule has 0 aliphatic heterocycles. The van der Waals surface area contributed by atoms with Crippen LogP contribution in [0.4, 0.5) is 0 Å². The SMILES string of the molecule is C=Cn1ccnc1C=NC.CC. The predicted octanol–water partition coefficient (Wildman–Crippen LogP) is 2.06. The van der Waals surface area contributed by atoms with Crippen LogP contribution in [-0.4, -0.2) is 22.8 Å². The Balaban J connectivity index is 0.000000561. The third-order valence-electron chi connectivity index (χ3n) is 1.14. The van der Waals surface area contributed by atoms with Crippen LogP contribution in [0, 0.1) is 0 Å². The maximum Gasteiger partial charge on any atom is 0.154 e. The Labute approximate surface area is 73.5 Å². The van der Waals surface area contributed by atoms with E-state index in [2.05, 4.69) is 16.6 Å². The monoisotopic (exact) mass is 165 g/mol. The Morgan fingerprint density at radius 2 is 2.25 bits per heavy atom. The van der Waals surface area contributed by atoms with Gasteiger partial charge in [-0.2, -0.15) is 0 Å². The Kier molecular flexibility index (Phi) is 5.61. The van der Waals surface area contributed by atoms with Gasteiger partial charge in [-0.1, -0.05) is 20.4 Å². The summed E-state index contributed by atoms with van der Waals surface area (Å²) in [4.78, 5) is 7.85. The predicted molar refractivity (Wildman–Crippen MR) is 53.5 cm³/mol. The van der Waals surface area contributed by atoms with Crippen molar-refractivity contribution < 1.29 is 0 Å². The molecule has 1 aromatic rings. The van der Waals surface area contributed by atoms with Crippen molar-refractivity contribution in [2.24, 2.45) is 4.99 Å². The number of rotatable bonds is 2. The molecule has 0 spiro atoms. The van der Waals surface area contributed by atoms with Gasteiger partial charge in [0.15, 0.2) is 5.82 Å². The summed E-state index contributed by atoms with van der Waals surface area (Å²) in [6.07, 6.45) is 6.90. The molecule has 1 heterocycles. The van der Waals surface area contributed by atoms with Gasteiger partial charge in [-0.15, -0.1) is 0 Å². The minimum absolute atomic E-state index is 0.803. The van der Waals surface area contributed by atoms with Gasteiger partial charge in [0.2, 0.25) is 0 Å². The Morgan fingerprint density at radius 3 is 2.75 bits per heavy atom. The van der Waals surface area contributed by atoms with Gasteiger partial charge in [0.05, 0.1) is 6.21 Å². The topological polar surface area (TPSA) is 30.2 Å². The summed E-state index contributed by atoms with van der Waals surface area (Å²) in [6.45, 7) is 7.61. The van der Waals surface area contributed by atoms with Crippen LogP contribution >= 0.6 is 0 Å². The molecule has 0 saturated carbocycles. The highest BCUT2D eigenvalue weighted by Gasteiger charge is 1.91. The summed E-state index contributed by atoms with van der Waals surface area (Å²) in [5.41, 5.74) is 0. The molecule has 0 radical (unpaired) electrons. The fourth-order valence-electron chi connectivity index (χ4n) is 0.694. The lowest BCUT2D eigenvalue weighted by Gasteiger charge is -1.91. The van der Waals surface area contributed by atoms with Crippen LogP contribution in [0.15, 0.2) is 24.0 Å². The maximum absolute atomic E-state index is 4.02. The first-order chi connectivity index (χ1) is 5.88. The first-order valence-electron chi connectivity index (χ1n) is 3.96. The zero-order valence-corrected chi connectivity index (χ0v) is 7.86. The van der Waals surface area contributed by atoms with E-state index >= 15 is 0 Å². The summed E-state index contributed by atoms with van der Waals surface area (Å²) < 4.78 is 1.80. The molecule has 0 aromatic carbocycles. The molecule has 66 valence electrons. The van der Waals surface area contributed by atoms with Crippen molar-refractivity contribution in [1.82, 2.24) is 9.55 Å². The van der Waals surface area contributed by atoms with Crippen LogP contribution in [0.5, 0.6) is 0 Å². The Morgan fingerprint density at radius 1 is 1.58 bits per heavy atom. The van der Waals surface area contributed by atoms with Crippen LogP contribution < -0.4 is 0 Å². The molecule has 3 heteroatoms. The zero-order valence-electron chi connectivity index (χ0n) is 7.86. The molecule has 1 rings (SSSR count). The lowest BCUT2D eigenvalue weighted by Crippen LogP contribution is -1.92. The fourth-order valence-corrected chi connectivity index (χ4v) is 0.694. The number of aliphatic imine (C=N–C) groups is 1. The second-order valence-corrected chi connectivity index (χ2v) is 1.76. The molecule has 12 heavy (non-hydrogen) atoms. The highest BCUT2D eigenvalue weighted by Crippen LogP contribution is 1.92. The number of aromatic nitrogens is 2. The summed E-state index contributed by atoms with van der Waals surface area (Å²) in [6, 6.07) is 0. The highest BCUT2D eigenvalue weighted by molar-refractivity contribution is 5.75. The molecular weight excluding hydrogens is 150 g/mol. The molecule has 0 aliphatic carbocycles. The Hall–Kier alpha value is -1.38. The average molecular weight is 165 g/mol. The molecule has 0 saturated heterocycles. The molecule has 0 bridgehead atoms. The van der Waals surface area contributed by atoms with E-state index in [9.17, 15) is 0 Å². The second kappa shape index (κ2) is 6.34. The Bertz CT molecular complexity index is 248. The largest absolute Gasteiger partial charge is 0.306 e. The first-order valence-corrected chi connectivity index (χ1v) is 3.96. The van der Waals surface area contributed by atoms with E-state index in [-0.39, 0.29) is 0 Å². The van der Waals surface area contributed by atoms with E-state index < -0.39 is 0 Å². The van der Waals surface area contributed by atoms with Crippen molar-refractivity contribution in [2.45, 2.75) is 13.8 Å². The molecule has 1 aromatic heterocycles. The summed E-state index contributed by atoms with van der Waals surface area (Å²) in [5.74, 6) is 0.803. The maximum atomic E-state index is 4.02. The van der Waals surface area contributed by atoms with E-state index in [4.69, 9.17) is 0 Å². The smallest absolute Gasteiger partial charge is 0.154 e.